The molecule has 0 aromatic carbocycles. The van der Waals surface area contributed by atoms with Gasteiger partial charge in [0, 0.05) is 0 Å². The highest BCUT2D eigenvalue weighted by molar-refractivity contribution is 7.75. The Bertz CT molecular complexity index is 342. The Morgan fingerprint density at radius 1 is 1.33 bits per heavy atom. The highest BCUT2D eigenvalue weighted by Gasteiger charge is 2.27. The fourth-order valence-corrected chi connectivity index (χ4v) is 1.27. The maximum absolute atomic E-state index is 10.7. The Kier molecular flexibility index (Phi) is 1.48. The molecule has 0 spiro atoms. The molecule has 1 unspecified atom stereocenters. The van der Waals surface area contributed by atoms with Gasteiger partial charge in [0.15, 0.2) is 5.76 Å². The van der Waals surface area contributed by atoms with Crippen molar-refractivity contribution in [3.8, 4) is 17.4 Å². The normalized spacial score (nSPS) is 21.5. The molecule has 7 heteroatoms. The zero-order chi connectivity index (χ0) is 8.72. The maximum Gasteiger partial charge on any atom is 0.363 e. The third kappa shape index (κ3) is 0.942. The molecule has 1 aromatic heterocycles. The quantitative estimate of drug-likeness (QED) is 0.609. The molecule has 1 aromatic rings. The summed E-state index contributed by atoms with van der Waals surface area (Å²) in [5.41, 5.74) is 0. The number of fused-ring (bicyclic) bond motifs is 2. The first-order valence-corrected chi connectivity index (χ1v) is 3.95. The van der Waals surface area contributed by atoms with Crippen molar-refractivity contribution in [1.82, 2.24) is 0 Å². The summed E-state index contributed by atoms with van der Waals surface area (Å²) in [4.78, 5) is 0. The SMILES string of the molecule is O=S1OCc2oc(c(O)c2O)O1. The van der Waals surface area contributed by atoms with Gasteiger partial charge in [-0.05, 0) is 0 Å². The summed E-state index contributed by atoms with van der Waals surface area (Å²) in [5, 5.41) is 18.1. The molecular formula is C5H4O6S. The highest BCUT2D eigenvalue weighted by atomic mass is 32.2. The van der Waals surface area contributed by atoms with Crippen LogP contribution in [0.15, 0.2) is 4.42 Å². The predicted molar refractivity (Wildman–Crippen MR) is 35.6 cm³/mol. The van der Waals surface area contributed by atoms with Gasteiger partial charge < -0.3 is 18.8 Å². The van der Waals surface area contributed by atoms with Gasteiger partial charge in [-0.2, -0.15) is 4.21 Å². The third-order valence-corrected chi connectivity index (χ3v) is 1.93. The van der Waals surface area contributed by atoms with Crippen molar-refractivity contribution in [2.24, 2.45) is 0 Å². The first-order valence-electron chi connectivity index (χ1n) is 2.95. The van der Waals surface area contributed by atoms with E-state index in [1.165, 1.54) is 0 Å². The average Bonchev–Trinajstić information content (AvgIpc) is 2.28. The van der Waals surface area contributed by atoms with E-state index in [0.717, 1.165) is 0 Å². The molecule has 66 valence electrons. The Balaban J connectivity index is 2.52. The van der Waals surface area contributed by atoms with E-state index in [-0.39, 0.29) is 12.4 Å². The lowest BCUT2D eigenvalue weighted by molar-refractivity contribution is 0.285. The van der Waals surface area contributed by atoms with Gasteiger partial charge in [-0.3, -0.25) is 4.18 Å². The van der Waals surface area contributed by atoms with E-state index in [9.17, 15) is 4.21 Å². The number of hydrogen-bond acceptors (Lipinski definition) is 6. The second kappa shape index (κ2) is 2.39. The zero-order valence-electron chi connectivity index (χ0n) is 5.64. The minimum Gasteiger partial charge on any atom is -0.502 e. The lowest BCUT2D eigenvalue weighted by atomic mass is 10.4. The van der Waals surface area contributed by atoms with Crippen molar-refractivity contribution in [1.29, 1.82) is 0 Å². The molecule has 6 nitrogen and oxygen atoms in total. The molecule has 2 bridgehead atoms. The van der Waals surface area contributed by atoms with Crippen molar-refractivity contribution in [3.63, 3.8) is 0 Å². The lowest BCUT2D eigenvalue weighted by Crippen LogP contribution is -2.02. The average molecular weight is 192 g/mol. The standard InChI is InChI=1S/C5H4O6S/c6-3-2-1-9-12(8)11-5(10-2)4(3)7/h6-7H,1H2. The summed E-state index contributed by atoms with van der Waals surface area (Å²) < 4.78 is 24.4. The summed E-state index contributed by atoms with van der Waals surface area (Å²) in [7, 11) is 0. The fourth-order valence-electron chi connectivity index (χ4n) is 0.779. The number of aromatic hydroxyl groups is 2. The van der Waals surface area contributed by atoms with E-state index in [1.807, 2.05) is 0 Å². The second-order valence-electron chi connectivity index (χ2n) is 2.06. The van der Waals surface area contributed by atoms with Crippen LogP contribution in [0, 0.1) is 0 Å². The summed E-state index contributed by atoms with van der Waals surface area (Å²) in [6.45, 7) is -0.202. The molecule has 0 radical (unpaired) electrons. The summed E-state index contributed by atoms with van der Waals surface area (Å²) in [6, 6.07) is 0. The molecule has 0 amide bonds. The van der Waals surface area contributed by atoms with E-state index < -0.39 is 28.8 Å². The van der Waals surface area contributed by atoms with Crippen molar-refractivity contribution >= 4 is 11.4 Å². The van der Waals surface area contributed by atoms with Crippen LogP contribution in [0.5, 0.6) is 17.4 Å². The Labute approximate surface area is 69.2 Å². The molecule has 0 saturated heterocycles. The molecule has 1 aliphatic rings. The molecule has 2 rings (SSSR count). The van der Waals surface area contributed by atoms with Crippen molar-refractivity contribution < 1.29 is 27.2 Å². The van der Waals surface area contributed by atoms with Crippen LogP contribution in [0.1, 0.15) is 5.76 Å². The highest BCUT2D eigenvalue weighted by Crippen LogP contribution is 2.43. The Hall–Kier alpha value is -1.21. The smallest absolute Gasteiger partial charge is 0.363 e. The van der Waals surface area contributed by atoms with Gasteiger partial charge in [0.05, 0.1) is 0 Å². The molecular weight excluding hydrogens is 188 g/mol. The van der Waals surface area contributed by atoms with Crippen LogP contribution in [-0.4, -0.2) is 14.4 Å². The minimum absolute atomic E-state index is 0.00616. The molecule has 2 heterocycles. The zero-order valence-corrected chi connectivity index (χ0v) is 6.46. The largest absolute Gasteiger partial charge is 0.502 e. The van der Waals surface area contributed by atoms with Gasteiger partial charge in [-0.25, -0.2) is 0 Å². The first kappa shape index (κ1) is 7.44. The van der Waals surface area contributed by atoms with E-state index >= 15 is 0 Å². The van der Waals surface area contributed by atoms with E-state index in [1.54, 1.807) is 0 Å². The van der Waals surface area contributed by atoms with Crippen molar-refractivity contribution in [3.05, 3.63) is 5.76 Å². The van der Waals surface area contributed by atoms with Gasteiger partial charge in [0.2, 0.25) is 11.5 Å². The van der Waals surface area contributed by atoms with E-state index in [0.29, 0.717) is 0 Å². The molecule has 2 N–H and O–H groups in total. The van der Waals surface area contributed by atoms with Crippen molar-refractivity contribution in [2.45, 2.75) is 6.61 Å². The summed E-state index contributed by atoms with van der Waals surface area (Å²) in [5.74, 6) is -1.39. The van der Waals surface area contributed by atoms with Crippen LogP contribution in [0.2, 0.25) is 0 Å². The fraction of sp³-hybridized carbons (Fsp3) is 0.200. The number of hydrogen-bond donors (Lipinski definition) is 2. The van der Waals surface area contributed by atoms with Crippen LogP contribution in [0.4, 0.5) is 0 Å². The van der Waals surface area contributed by atoms with Gasteiger partial charge >= 0.3 is 17.3 Å². The second-order valence-corrected chi connectivity index (χ2v) is 2.87. The lowest BCUT2D eigenvalue weighted by Gasteiger charge is -1.99. The van der Waals surface area contributed by atoms with Gasteiger partial charge in [-0.1, -0.05) is 0 Å². The minimum atomic E-state index is -1.98. The van der Waals surface area contributed by atoms with E-state index in [2.05, 4.69) is 8.37 Å². The van der Waals surface area contributed by atoms with Crippen molar-refractivity contribution in [2.75, 3.05) is 0 Å². The van der Waals surface area contributed by atoms with Crippen LogP contribution in [0.3, 0.4) is 0 Å². The van der Waals surface area contributed by atoms with Crippen LogP contribution < -0.4 is 4.18 Å². The monoisotopic (exact) mass is 192 g/mol. The Morgan fingerprint density at radius 3 is 2.83 bits per heavy atom. The summed E-state index contributed by atoms with van der Waals surface area (Å²) >= 11 is -1.98. The van der Waals surface area contributed by atoms with Gasteiger partial charge in [-0.15, -0.1) is 0 Å². The predicted octanol–water partition coefficient (Wildman–Crippen LogP) is 0.178. The molecule has 0 saturated carbocycles. The molecule has 0 fully saturated rings. The number of rotatable bonds is 0. The molecule has 1 atom stereocenters. The van der Waals surface area contributed by atoms with Crippen LogP contribution in [-0.2, 0) is 22.2 Å². The molecule has 0 aliphatic carbocycles. The third-order valence-electron chi connectivity index (χ3n) is 1.33. The van der Waals surface area contributed by atoms with Gasteiger partial charge in [0.25, 0.3) is 0 Å². The first-order chi connectivity index (χ1) is 5.68. The molecule has 1 aliphatic heterocycles. The van der Waals surface area contributed by atoms with Crippen LogP contribution in [0.25, 0.3) is 0 Å². The maximum atomic E-state index is 10.7. The van der Waals surface area contributed by atoms with Gasteiger partial charge in [0.1, 0.15) is 6.61 Å². The topological polar surface area (TPSA) is 89.1 Å². The molecule has 12 heavy (non-hydrogen) atoms. The Morgan fingerprint density at radius 2 is 2.08 bits per heavy atom. The van der Waals surface area contributed by atoms with E-state index in [4.69, 9.17) is 14.6 Å². The van der Waals surface area contributed by atoms with Crippen LogP contribution >= 0.6 is 0 Å². The number of furan rings is 1. The summed E-state index contributed by atoms with van der Waals surface area (Å²) in [6.07, 6.45) is 0.